The molecule has 0 unspecified atom stereocenters. The third-order valence-corrected chi connectivity index (χ3v) is 4.68. The minimum atomic E-state index is 0.0921. The zero-order valence-corrected chi connectivity index (χ0v) is 13.4. The van der Waals surface area contributed by atoms with E-state index >= 15 is 0 Å². The molecule has 0 aromatic heterocycles. The number of hydrogen-bond acceptors (Lipinski definition) is 2. The Morgan fingerprint density at radius 2 is 2.00 bits per heavy atom. The highest BCUT2D eigenvalue weighted by atomic mass is 79.9. The molecule has 1 saturated carbocycles. The Hall–Kier alpha value is -0.870. The van der Waals surface area contributed by atoms with Gasteiger partial charge in [-0.15, -0.1) is 0 Å². The van der Waals surface area contributed by atoms with Crippen molar-refractivity contribution in [3.63, 3.8) is 0 Å². The van der Waals surface area contributed by atoms with Crippen molar-refractivity contribution in [2.24, 2.45) is 0 Å². The van der Waals surface area contributed by atoms with E-state index in [4.69, 9.17) is 0 Å². The van der Waals surface area contributed by atoms with E-state index in [-0.39, 0.29) is 11.4 Å². The molecule has 0 saturated heterocycles. The van der Waals surface area contributed by atoms with Crippen LogP contribution in [-0.4, -0.2) is 48.9 Å². The predicted molar refractivity (Wildman–Crippen MR) is 81.4 cm³/mol. The second-order valence-corrected chi connectivity index (χ2v) is 6.56. The molecule has 3 nitrogen and oxygen atoms in total. The van der Waals surface area contributed by atoms with E-state index in [1.54, 1.807) is 0 Å². The molecular formula is C15H21BrN2O. The third kappa shape index (κ3) is 3.00. The smallest absolute Gasteiger partial charge is 0.253 e. The van der Waals surface area contributed by atoms with E-state index in [0.29, 0.717) is 0 Å². The van der Waals surface area contributed by atoms with E-state index in [1.807, 2.05) is 36.2 Å². The predicted octanol–water partition coefficient (Wildman–Crippen LogP) is 3.01. The molecule has 0 heterocycles. The van der Waals surface area contributed by atoms with Crippen molar-refractivity contribution in [2.45, 2.75) is 24.8 Å². The minimum Gasteiger partial charge on any atom is -0.340 e. The molecule has 19 heavy (non-hydrogen) atoms. The second kappa shape index (κ2) is 5.63. The van der Waals surface area contributed by atoms with Gasteiger partial charge in [-0.25, -0.2) is 0 Å². The maximum absolute atomic E-state index is 12.4. The van der Waals surface area contributed by atoms with E-state index in [1.165, 1.54) is 19.3 Å². The maximum Gasteiger partial charge on any atom is 0.253 e. The Labute approximate surface area is 123 Å². The Morgan fingerprint density at radius 3 is 2.47 bits per heavy atom. The largest absolute Gasteiger partial charge is 0.340 e. The fraction of sp³-hybridized carbons (Fsp3) is 0.533. The molecule has 2 rings (SSSR count). The molecule has 1 amide bonds. The molecule has 104 valence electrons. The monoisotopic (exact) mass is 324 g/mol. The van der Waals surface area contributed by atoms with Gasteiger partial charge < -0.3 is 9.80 Å². The van der Waals surface area contributed by atoms with Crippen LogP contribution in [0, 0.1) is 0 Å². The third-order valence-electron chi connectivity index (χ3n) is 4.18. The van der Waals surface area contributed by atoms with Crippen molar-refractivity contribution in [1.82, 2.24) is 9.80 Å². The summed E-state index contributed by atoms with van der Waals surface area (Å²) in [5.41, 5.74) is 0.918. The average Bonchev–Trinajstić information content (AvgIpc) is 2.32. The van der Waals surface area contributed by atoms with Crippen LogP contribution in [-0.2, 0) is 0 Å². The zero-order chi connectivity index (χ0) is 14.0. The van der Waals surface area contributed by atoms with Crippen LogP contribution >= 0.6 is 15.9 Å². The number of halogens is 1. The SMILES string of the molecule is CN(CC1(N(C)C)CCC1)C(=O)c1cccc(Br)c1. The Balaban J connectivity index is 2.07. The summed E-state index contributed by atoms with van der Waals surface area (Å²) < 4.78 is 0.942. The molecule has 1 fully saturated rings. The molecule has 0 bridgehead atoms. The summed E-state index contributed by atoms with van der Waals surface area (Å²) in [6, 6.07) is 7.58. The van der Waals surface area contributed by atoms with Gasteiger partial charge in [0.1, 0.15) is 0 Å². The number of carbonyl (C=O) groups is 1. The van der Waals surface area contributed by atoms with Crippen molar-refractivity contribution in [2.75, 3.05) is 27.7 Å². The first kappa shape index (κ1) is 14.5. The Morgan fingerprint density at radius 1 is 1.32 bits per heavy atom. The van der Waals surface area contributed by atoms with Crippen molar-refractivity contribution in [3.8, 4) is 0 Å². The minimum absolute atomic E-state index is 0.0921. The van der Waals surface area contributed by atoms with Gasteiger partial charge in [-0.3, -0.25) is 4.79 Å². The summed E-state index contributed by atoms with van der Waals surface area (Å²) in [6.07, 6.45) is 3.61. The number of carbonyl (C=O) groups excluding carboxylic acids is 1. The first-order valence-corrected chi connectivity index (χ1v) is 7.42. The van der Waals surface area contributed by atoms with E-state index in [2.05, 4.69) is 34.9 Å². The van der Waals surface area contributed by atoms with Gasteiger partial charge in [0, 0.05) is 29.2 Å². The summed E-state index contributed by atoms with van der Waals surface area (Å²) in [5.74, 6) is 0.0921. The summed E-state index contributed by atoms with van der Waals surface area (Å²) in [5, 5.41) is 0. The van der Waals surface area contributed by atoms with Crippen LogP contribution in [0.15, 0.2) is 28.7 Å². The molecule has 0 atom stereocenters. The van der Waals surface area contributed by atoms with E-state index in [0.717, 1.165) is 16.6 Å². The van der Waals surface area contributed by atoms with Crippen LogP contribution in [0.4, 0.5) is 0 Å². The lowest BCUT2D eigenvalue weighted by atomic mass is 9.75. The quantitative estimate of drug-likeness (QED) is 0.850. The number of nitrogens with zero attached hydrogens (tertiary/aromatic N) is 2. The summed E-state index contributed by atoms with van der Waals surface area (Å²) in [7, 11) is 6.11. The summed E-state index contributed by atoms with van der Waals surface area (Å²) >= 11 is 3.41. The molecule has 4 heteroatoms. The van der Waals surface area contributed by atoms with Crippen LogP contribution in [0.2, 0.25) is 0 Å². The Kier molecular flexibility index (Phi) is 4.31. The van der Waals surface area contributed by atoms with Gasteiger partial charge >= 0.3 is 0 Å². The van der Waals surface area contributed by atoms with Crippen molar-refractivity contribution < 1.29 is 4.79 Å². The van der Waals surface area contributed by atoms with E-state index in [9.17, 15) is 4.79 Å². The zero-order valence-electron chi connectivity index (χ0n) is 11.8. The molecule has 1 aliphatic carbocycles. The molecule has 0 N–H and O–H groups in total. The first-order chi connectivity index (χ1) is 8.94. The van der Waals surface area contributed by atoms with Gasteiger partial charge in [0.05, 0.1) is 0 Å². The molecule has 1 aromatic carbocycles. The molecule has 0 aliphatic heterocycles. The summed E-state index contributed by atoms with van der Waals surface area (Å²) in [6.45, 7) is 0.797. The molecule has 1 aromatic rings. The van der Waals surface area contributed by atoms with Crippen LogP contribution in [0.1, 0.15) is 29.6 Å². The molecule has 0 spiro atoms. The highest BCUT2D eigenvalue weighted by molar-refractivity contribution is 9.10. The Bertz CT molecular complexity index is 469. The number of benzene rings is 1. The van der Waals surface area contributed by atoms with Gasteiger partial charge in [0.25, 0.3) is 5.91 Å². The standard InChI is InChI=1S/C15H21BrN2O/c1-17(2)15(8-5-9-15)11-18(3)14(19)12-6-4-7-13(16)10-12/h4,6-7,10H,5,8-9,11H2,1-3H3. The van der Waals surface area contributed by atoms with Gasteiger partial charge in [-0.05, 0) is 51.6 Å². The highest BCUT2D eigenvalue weighted by Crippen LogP contribution is 2.36. The summed E-state index contributed by atoms with van der Waals surface area (Å²) in [4.78, 5) is 16.5. The van der Waals surface area contributed by atoms with E-state index < -0.39 is 0 Å². The first-order valence-electron chi connectivity index (χ1n) is 6.63. The lowest BCUT2D eigenvalue weighted by molar-refractivity contribution is 0.0252. The van der Waals surface area contributed by atoms with Crippen LogP contribution < -0.4 is 0 Å². The van der Waals surface area contributed by atoms with Crippen molar-refractivity contribution in [3.05, 3.63) is 34.3 Å². The number of likely N-dealkylation sites (N-methyl/N-ethyl adjacent to an activating group) is 2. The lowest BCUT2D eigenvalue weighted by Gasteiger charge is -2.49. The van der Waals surface area contributed by atoms with Gasteiger partial charge in [0.2, 0.25) is 0 Å². The average molecular weight is 325 g/mol. The van der Waals surface area contributed by atoms with Crippen LogP contribution in [0.3, 0.4) is 0 Å². The van der Waals surface area contributed by atoms with Crippen molar-refractivity contribution >= 4 is 21.8 Å². The van der Waals surface area contributed by atoms with Gasteiger partial charge in [-0.2, -0.15) is 0 Å². The normalized spacial score (nSPS) is 17.1. The number of hydrogen-bond donors (Lipinski definition) is 0. The number of rotatable bonds is 4. The topological polar surface area (TPSA) is 23.6 Å². The fourth-order valence-electron chi connectivity index (χ4n) is 2.69. The van der Waals surface area contributed by atoms with Crippen LogP contribution in [0.5, 0.6) is 0 Å². The second-order valence-electron chi connectivity index (χ2n) is 5.64. The van der Waals surface area contributed by atoms with Gasteiger partial charge in [0.15, 0.2) is 0 Å². The number of amides is 1. The lowest BCUT2D eigenvalue weighted by Crippen LogP contribution is -2.57. The maximum atomic E-state index is 12.4. The fourth-order valence-corrected chi connectivity index (χ4v) is 3.09. The molecule has 0 radical (unpaired) electrons. The highest BCUT2D eigenvalue weighted by Gasteiger charge is 2.40. The van der Waals surface area contributed by atoms with Gasteiger partial charge in [-0.1, -0.05) is 22.0 Å². The van der Waals surface area contributed by atoms with Crippen molar-refractivity contribution in [1.29, 1.82) is 0 Å². The molecular weight excluding hydrogens is 304 g/mol. The van der Waals surface area contributed by atoms with Crippen LogP contribution in [0.25, 0.3) is 0 Å². The molecule has 1 aliphatic rings.